The molecular weight excluding hydrogens is 168 g/mol. The number of carbonyl (C=O) groups excluding carboxylic acids is 1. The number of rotatable bonds is 7. The van der Waals surface area contributed by atoms with E-state index in [1.54, 1.807) is 0 Å². The van der Waals surface area contributed by atoms with Crippen molar-refractivity contribution in [2.75, 3.05) is 13.2 Å². The van der Waals surface area contributed by atoms with Gasteiger partial charge in [-0.05, 0) is 25.2 Å². The van der Waals surface area contributed by atoms with Gasteiger partial charge in [0.2, 0.25) is 0 Å². The summed E-state index contributed by atoms with van der Waals surface area (Å²) in [6.07, 6.45) is 3.80. The number of carbonyl (C=O) groups is 1. The molecule has 0 aromatic carbocycles. The molecule has 0 rings (SSSR count). The largest absolute Gasteiger partial charge is 0.463 e. The summed E-state index contributed by atoms with van der Waals surface area (Å²) in [5.74, 6) is 0.124. The molecule has 0 aromatic rings. The minimum atomic E-state index is -0.366. The van der Waals surface area contributed by atoms with Crippen molar-refractivity contribution in [1.29, 1.82) is 0 Å². The predicted octanol–water partition coefficient (Wildman–Crippen LogP) is 1.51. The summed E-state index contributed by atoms with van der Waals surface area (Å²) in [6, 6.07) is 0. The summed E-state index contributed by atoms with van der Waals surface area (Å²) < 4.78 is 4.82. The average molecular weight is 186 g/mol. The minimum absolute atomic E-state index is 0.233. The first-order valence-corrected chi connectivity index (χ1v) is 4.60. The van der Waals surface area contributed by atoms with Crippen molar-refractivity contribution in [2.45, 2.75) is 26.2 Å². The summed E-state index contributed by atoms with van der Waals surface area (Å²) in [7, 11) is 0. The molecular formula is C10H18O3. The van der Waals surface area contributed by atoms with Gasteiger partial charge in [0.05, 0.1) is 6.61 Å². The molecule has 76 valence electrons. The zero-order chi connectivity index (χ0) is 10.1. The van der Waals surface area contributed by atoms with E-state index in [9.17, 15) is 4.79 Å². The summed E-state index contributed by atoms with van der Waals surface area (Å²) in [4.78, 5) is 10.6. The van der Waals surface area contributed by atoms with E-state index in [2.05, 4.69) is 13.5 Å². The highest BCUT2D eigenvalue weighted by Gasteiger charge is 2.02. The van der Waals surface area contributed by atoms with Crippen LogP contribution in [0, 0.1) is 5.92 Å². The fourth-order valence-corrected chi connectivity index (χ4v) is 1.00. The number of aliphatic hydroxyl groups excluding tert-OH is 1. The highest BCUT2D eigenvalue weighted by Crippen LogP contribution is 2.09. The maximum absolute atomic E-state index is 10.6. The Morgan fingerprint density at radius 2 is 2.31 bits per heavy atom. The lowest BCUT2D eigenvalue weighted by molar-refractivity contribution is -0.138. The third-order valence-corrected chi connectivity index (χ3v) is 1.88. The Morgan fingerprint density at radius 3 is 2.85 bits per heavy atom. The first-order valence-electron chi connectivity index (χ1n) is 4.60. The van der Waals surface area contributed by atoms with Gasteiger partial charge in [0.25, 0.3) is 0 Å². The molecule has 0 amide bonds. The molecule has 0 fully saturated rings. The van der Waals surface area contributed by atoms with E-state index in [-0.39, 0.29) is 12.6 Å². The second-order valence-electron chi connectivity index (χ2n) is 3.13. The number of hydrogen-bond acceptors (Lipinski definition) is 3. The van der Waals surface area contributed by atoms with E-state index in [4.69, 9.17) is 9.84 Å². The van der Waals surface area contributed by atoms with Crippen LogP contribution >= 0.6 is 0 Å². The van der Waals surface area contributed by atoms with Crippen molar-refractivity contribution in [3.63, 3.8) is 0 Å². The fraction of sp³-hybridized carbons (Fsp3) is 0.700. The quantitative estimate of drug-likeness (QED) is 0.484. The summed E-state index contributed by atoms with van der Waals surface area (Å²) in [5, 5.41) is 8.57. The third kappa shape index (κ3) is 7.53. The molecule has 0 bridgehead atoms. The van der Waals surface area contributed by atoms with Crippen LogP contribution in [0.15, 0.2) is 12.7 Å². The van der Waals surface area contributed by atoms with Crippen molar-refractivity contribution < 1.29 is 14.6 Å². The molecule has 0 spiro atoms. The molecule has 13 heavy (non-hydrogen) atoms. The van der Waals surface area contributed by atoms with Crippen LogP contribution in [0.25, 0.3) is 0 Å². The van der Waals surface area contributed by atoms with Crippen LogP contribution in [0.2, 0.25) is 0 Å². The highest BCUT2D eigenvalue weighted by atomic mass is 16.5. The van der Waals surface area contributed by atoms with Crippen molar-refractivity contribution >= 4 is 5.97 Å². The lowest BCUT2D eigenvalue weighted by atomic mass is 10.0. The fourth-order valence-electron chi connectivity index (χ4n) is 1.00. The topological polar surface area (TPSA) is 46.5 Å². The van der Waals surface area contributed by atoms with Gasteiger partial charge in [0.1, 0.15) is 0 Å². The maximum atomic E-state index is 10.6. The van der Waals surface area contributed by atoms with Crippen molar-refractivity contribution in [3.05, 3.63) is 12.7 Å². The second-order valence-corrected chi connectivity index (χ2v) is 3.13. The molecule has 3 nitrogen and oxygen atoms in total. The van der Waals surface area contributed by atoms with E-state index >= 15 is 0 Å². The van der Waals surface area contributed by atoms with Crippen LogP contribution < -0.4 is 0 Å². The molecule has 0 aliphatic rings. The van der Waals surface area contributed by atoms with Gasteiger partial charge in [-0.2, -0.15) is 0 Å². The van der Waals surface area contributed by atoms with Gasteiger partial charge in [0.15, 0.2) is 0 Å². The SMILES string of the molecule is C=CC(=O)OCCC(C)CCCO. The Bertz CT molecular complexity index is 154. The van der Waals surface area contributed by atoms with Crippen LogP contribution in [-0.4, -0.2) is 24.3 Å². The Labute approximate surface area is 79.4 Å². The van der Waals surface area contributed by atoms with Crippen LogP contribution in [0.4, 0.5) is 0 Å². The van der Waals surface area contributed by atoms with Gasteiger partial charge in [0, 0.05) is 12.7 Å². The van der Waals surface area contributed by atoms with E-state index in [0.29, 0.717) is 12.5 Å². The van der Waals surface area contributed by atoms with Crippen LogP contribution in [0.1, 0.15) is 26.2 Å². The van der Waals surface area contributed by atoms with Gasteiger partial charge in [-0.25, -0.2) is 4.79 Å². The van der Waals surface area contributed by atoms with Crippen molar-refractivity contribution in [3.8, 4) is 0 Å². The van der Waals surface area contributed by atoms with Gasteiger partial charge in [-0.15, -0.1) is 0 Å². The molecule has 0 aromatic heterocycles. The van der Waals surface area contributed by atoms with Crippen LogP contribution in [-0.2, 0) is 9.53 Å². The molecule has 1 N–H and O–H groups in total. The molecule has 0 aliphatic carbocycles. The summed E-state index contributed by atoms with van der Waals surface area (Å²) >= 11 is 0. The van der Waals surface area contributed by atoms with Gasteiger partial charge in [-0.1, -0.05) is 13.5 Å². The number of aliphatic hydroxyl groups is 1. The van der Waals surface area contributed by atoms with Gasteiger partial charge in [-0.3, -0.25) is 0 Å². The number of ether oxygens (including phenoxy) is 1. The Morgan fingerprint density at radius 1 is 1.62 bits per heavy atom. The average Bonchev–Trinajstić information content (AvgIpc) is 2.14. The minimum Gasteiger partial charge on any atom is -0.463 e. The molecule has 0 heterocycles. The van der Waals surface area contributed by atoms with Gasteiger partial charge >= 0.3 is 5.97 Å². The van der Waals surface area contributed by atoms with E-state index < -0.39 is 0 Å². The Kier molecular flexibility index (Phi) is 7.30. The van der Waals surface area contributed by atoms with Crippen LogP contribution in [0.3, 0.4) is 0 Å². The third-order valence-electron chi connectivity index (χ3n) is 1.88. The first-order chi connectivity index (χ1) is 6.20. The molecule has 3 heteroatoms. The normalized spacial score (nSPS) is 12.2. The zero-order valence-electron chi connectivity index (χ0n) is 8.16. The number of esters is 1. The summed E-state index contributed by atoms with van der Waals surface area (Å²) in [6.45, 7) is 6.06. The van der Waals surface area contributed by atoms with E-state index in [1.165, 1.54) is 6.08 Å². The highest BCUT2D eigenvalue weighted by molar-refractivity contribution is 5.81. The molecule has 0 radical (unpaired) electrons. The molecule has 0 saturated carbocycles. The maximum Gasteiger partial charge on any atom is 0.330 e. The van der Waals surface area contributed by atoms with E-state index in [1.807, 2.05) is 0 Å². The smallest absolute Gasteiger partial charge is 0.330 e. The Balaban J connectivity index is 3.30. The molecule has 0 saturated heterocycles. The lowest BCUT2D eigenvalue weighted by Crippen LogP contribution is -2.06. The van der Waals surface area contributed by atoms with Crippen LogP contribution in [0.5, 0.6) is 0 Å². The summed E-state index contributed by atoms with van der Waals surface area (Å²) in [5.41, 5.74) is 0. The van der Waals surface area contributed by atoms with Gasteiger partial charge < -0.3 is 9.84 Å². The van der Waals surface area contributed by atoms with Crippen molar-refractivity contribution in [1.82, 2.24) is 0 Å². The number of hydrogen-bond donors (Lipinski definition) is 1. The second kappa shape index (κ2) is 7.80. The standard InChI is InChI=1S/C10H18O3/c1-3-10(12)13-8-6-9(2)5-4-7-11/h3,9,11H,1,4-8H2,2H3. The predicted molar refractivity (Wildman–Crippen MR) is 51.3 cm³/mol. The molecule has 1 atom stereocenters. The first kappa shape index (κ1) is 12.2. The lowest BCUT2D eigenvalue weighted by Gasteiger charge is -2.09. The molecule has 1 unspecified atom stereocenters. The van der Waals surface area contributed by atoms with E-state index in [0.717, 1.165) is 19.3 Å². The molecule has 0 aliphatic heterocycles. The zero-order valence-corrected chi connectivity index (χ0v) is 8.16. The van der Waals surface area contributed by atoms with Crippen molar-refractivity contribution in [2.24, 2.45) is 5.92 Å². The monoisotopic (exact) mass is 186 g/mol. The Hall–Kier alpha value is -0.830.